The molecule has 2 saturated heterocycles. The molecule has 26 heavy (non-hydrogen) atoms. The summed E-state index contributed by atoms with van der Waals surface area (Å²) in [5.41, 5.74) is 0. The first-order valence-electron chi connectivity index (χ1n) is 9.89. The third-order valence-corrected chi connectivity index (χ3v) is 5.86. The number of imide groups is 1. The van der Waals surface area contributed by atoms with Crippen LogP contribution in [0, 0.1) is 17.8 Å². The van der Waals surface area contributed by atoms with Gasteiger partial charge in [0.25, 0.3) is 0 Å². The van der Waals surface area contributed by atoms with Gasteiger partial charge in [-0.25, -0.2) is 0 Å². The van der Waals surface area contributed by atoms with Crippen LogP contribution < -0.4 is 0 Å². The zero-order valence-corrected chi connectivity index (χ0v) is 16.2. The van der Waals surface area contributed by atoms with Crippen molar-refractivity contribution in [2.24, 2.45) is 17.8 Å². The average Bonchev–Trinajstić information content (AvgIpc) is 2.76. The highest BCUT2D eigenvalue weighted by Gasteiger charge is 2.51. The average molecular weight is 361 g/mol. The molecule has 0 N–H and O–H groups in total. The predicted molar refractivity (Wildman–Crippen MR) is 99.1 cm³/mol. The van der Waals surface area contributed by atoms with Gasteiger partial charge in [-0.2, -0.15) is 0 Å². The summed E-state index contributed by atoms with van der Waals surface area (Å²) in [6.45, 7) is 7.23. The number of hydrogen-bond donors (Lipinski definition) is 0. The molecule has 144 valence electrons. The monoisotopic (exact) mass is 361 g/mol. The van der Waals surface area contributed by atoms with Crippen LogP contribution >= 0.6 is 0 Å². The summed E-state index contributed by atoms with van der Waals surface area (Å²) in [6, 6.07) is -0.649. The maximum absolute atomic E-state index is 13.3. The minimum atomic E-state index is -0.649. The van der Waals surface area contributed by atoms with Gasteiger partial charge in [0.15, 0.2) is 0 Å². The van der Waals surface area contributed by atoms with Gasteiger partial charge in [0.1, 0.15) is 6.04 Å². The van der Waals surface area contributed by atoms with Crippen LogP contribution in [0.4, 0.5) is 0 Å². The van der Waals surface area contributed by atoms with Gasteiger partial charge in [-0.05, 0) is 45.2 Å². The van der Waals surface area contributed by atoms with Gasteiger partial charge < -0.3 is 9.80 Å². The maximum Gasteiger partial charge on any atom is 0.245 e. The molecule has 2 aliphatic heterocycles. The van der Waals surface area contributed by atoms with E-state index in [0.29, 0.717) is 32.4 Å². The fourth-order valence-corrected chi connectivity index (χ4v) is 4.37. The molecule has 3 unspecified atom stereocenters. The van der Waals surface area contributed by atoms with Crippen LogP contribution in [-0.2, 0) is 14.4 Å². The minimum Gasteiger partial charge on any atom is -0.340 e. The van der Waals surface area contributed by atoms with E-state index < -0.39 is 6.04 Å². The molecule has 2 fully saturated rings. The molecule has 0 aromatic rings. The molecule has 0 saturated carbocycles. The van der Waals surface area contributed by atoms with Crippen LogP contribution in [0.3, 0.4) is 0 Å². The van der Waals surface area contributed by atoms with Gasteiger partial charge in [-0.1, -0.05) is 26.0 Å². The van der Waals surface area contributed by atoms with E-state index in [4.69, 9.17) is 0 Å². The van der Waals surface area contributed by atoms with E-state index in [1.54, 1.807) is 0 Å². The first kappa shape index (κ1) is 19.1. The summed E-state index contributed by atoms with van der Waals surface area (Å²) in [7, 11) is 2.06. The smallest absolute Gasteiger partial charge is 0.245 e. The Morgan fingerprint density at radius 3 is 2.23 bits per heavy atom. The summed E-state index contributed by atoms with van der Waals surface area (Å²) in [6.07, 6.45) is 6.66. The first-order valence-corrected chi connectivity index (χ1v) is 9.89. The standard InChI is InChI=1S/C20H31N3O3/c1-14(2)13-17(20(26)22-10-6-9-21(3)11-12-22)23-18(24)15-7-4-5-8-16(15)19(23)25/h4-5,14-17H,6-13H2,1-3H3. The molecule has 3 amide bonds. The molecule has 0 spiro atoms. The molecule has 1 aliphatic carbocycles. The molecule has 2 heterocycles. The zero-order valence-electron chi connectivity index (χ0n) is 16.2. The summed E-state index contributed by atoms with van der Waals surface area (Å²) < 4.78 is 0. The molecule has 3 aliphatic rings. The lowest BCUT2D eigenvalue weighted by Crippen LogP contribution is -2.52. The zero-order chi connectivity index (χ0) is 18.8. The number of allylic oxidation sites excluding steroid dienone is 2. The number of likely N-dealkylation sites (tertiary alicyclic amines) is 1. The SMILES string of the molecule is CC(C)CC(C(=O)N1CCCN(C)CC1)N1C(=O)C2CC=CCC2C1=O. The Hall–Kier alpha value is -1.69. The summed E-state index contributed by atoms with van der Waals surface area (Å²) in [5.74, 6) is -0.650. The number of nitrogens with zero attached hydrogens (tertiary/aromatic N) is 3. The van der Waals surface area contributed by atoms with Crippen LogP contribution in [0.25, 0.3) is 0 Å². The maximum atomic E-state index is 13.3. The third-order valence-electron chi connectivity index (χ3n) is 5.86. The number of carbonyl (C=O) groups excluding carboxylic acids is 3. The van der Waals surface area contributed by atoms with Crippen molar-refractivity contribution in [3.05, 3.63) is 12.2 Å². The van der Waals surface area contributed by atoms with Crippen molar-refractivity contribution in [1.29, 1.82) is 0 Å². The molecule has 0 radical (unpaired) electrons. The quantitative estimate of drug-likeness (QED) is 0.563. The van der Waals surface area contributed by atoms with Crippen molar-refractivity contribution in [2.75, 3.05) is 33.2 Å². The van der Waals surface area contributed by atoms with E-state index in [9.17, 15) is 14.4 Å². The van der Waals surface area contributed by atoms with E-state index in [2.05, 4.69) is 11.9 Å². The molecular weight excluding hydrogens is 330 g/mol. The van der Waals surface area contributed by atoms with Gasteiger partial charge in [0, 0.05) is 19.6 Å². The normalized spacial score (nSPS) is 28.5. The molecule has 6 nitrogen and oxygen atoms in total. The van der Waals surface area contributed by atoms with E-state index in [1.165, 1.54) is 4.90 Å². The summed E-state index contributed by atoms with van der Waals surface area (Å²) in [5, 5.41) is 0. The summed E-state index contributed by atoms with van der Waals surface area (Å²) in [4.78, 5) is 44.7. The fourth-order valence-electron chi connectivity index (χ4n) is 4.37. The van der Waals surface area contributed by atoms with Crippen molar-refractivity contribution >= 4 is 17.7 Å². The van der Waals surface area contributed by atoms with Gasteiger partial charge in [0.05, 0.1) is 11.8 Å². The Balaban J connectivity index is 1.82. The fraction of sp³-hybridized carbons (Fsp3) is 0.750. The number of hydrogen-bond acceptors (Lipinski definition) is 4. The molecule has 6 heteroatoms. The number of amides is 3. The molecule has 3 atom stereocenters. The Morgan fingerprint density at radius 2 is 1.65 bits per heavy atom. The summed E-state index contributed by atoms with van der Waals surface area (Å²) >= 11 is 0. The highest BCUT2D eigenvalue weighted by atomic mass is 16.2. The largest absolute Gasteiger partial charge is 0.340 e. The Labute approximate surface area is 156 Å². The van der Waals surface area contributed by atoms with Gasteiger partial charge in [-0.15, -0.1) is 0 Å². The van der Waals surface area contributed by atoms with E-state index in [-0.39, 0.29) is 35.5 Å². The topological polar surface area (TPSA) is 60.9 Å². The lowest BCUT2D eigenvalue weighted by Gasteiger charge is -2.32. The minimum absolute atomic E-state index is 0.0534. The number of fused-ring (bicyclic) bond motifs is 1. The Bertz CT molecular complexity index is 575. The van der Waals surface area contributed by atoms with E-state index in [0.717, 1.165) is 19.5 Å². The van der Waals surface area contributed by atoms with Crippen LogP contribution in [0.5, 0.6) is 0 Å². The van der Waals surface area contributed by atoms with Crippen molar-refractivity contribution in [1.82, 2.24) is 14.7 Å². The van der Waals surface area contributed by atoms with Gasteiger partial charge in [-0.3, -0.25) is 19.3 Å². The number of carbonyl (C=O) groups is 3. The van der Waals surface area contributed by atoms with Gasteiger partial charge >= 0.3 is 0 Å². The second-order valence-electron chi connectivity index (χ2n) is 8.33. The lowest BCUT2D eigenvalue weighted by molar-refractivity contribution is -0.152. The molecule has 0 aromatic heterocycles. The third kappa shape index (κ3) is 3.70. The van der Waals surface area contributed by atoms with E-state index in [1.807, 2.05) is 30.9 Å². The molecule has 0 bridgehead atoms. The van der Waals surface area contributed by atoms with Crippen LogP contribution in [0.15, 0.2) is 12.2 Å². The lowest BCUT2D eigenvalue weighted by atomic mass is 9.85. The van der Waals surface area contributed by atoms with Crippen molar-refractivity contribution in [2.45, 2.75) is 45.6 Å². The number of rotatable bonds is 4. The highest BCUT2D eigenvalue weighted by molar-refractivity contribution is 6.08. The molecular formula is C20H31N3O3. The van der Waals surface area contributed by atoms with Crippen LogP contribution in [0.1, 0.15) is 39.5 Å². The van der Waals surface area contributed by atoms with Crippen molar-refractivity contribution in [3.63, 3.8) is 0 Å². The van der Waals surface area contributed by atoms with Crippen molar-refractivity contribution in [3.8, 4) is 0 Å². The van der Waals surface area contributed by atoms with E-state index >= 15 is 0 Å². The van der Waals surface area contributed by atoms with Gasteiger partial charge in [0.2, 0.25) is 17.7 Å². The second kappa shape index (κ2) is 7.91. The first-order chi connectivity index (χ1) is 12.4. The second-order valence-corrected chi connectivity index (χ2v) is 8.33. The highest BCUT2D eigenvalue weighted by Crippen LogP contribution is 2.37. The Morgan fingerprint density at radius 1 is 1.04 bits per heavy atom. The number of likely N-dealkylation sites (N-methyl/N-ethyl adjacent to an activating group) is 1. The van der Waals surface area contributed by atoms with Crippen LogP contribution in [-0.4, -0.2) is 71.7 Å². The van der Waals surface area contributed by atoms with Crippen molar-refractivity contribution < 1.29 is 14.4 Å². The molecule has 0 aromatic carbocycles. The Kier molecular flexibility index (Phi) is 5.80. The predicted octanol–water partition coefficient (Wildman–Crippen LogP) is 1.52. The van der Waals surface area contributed by atoms with Crippen LogP contribution in [0.2, 0.25) is 0 Å². The molecule has 3 rings (SSSR count).